The Morgan fingerprint density at radius 3 is 2.90 bits per heavy atom. The van der Waals surface area contributed by atoms with Gasteiger partial charge in [0.25, 0.3) is 5.91 Å². The molecule has 2 N–H and O–H groups in total. The molecular weight excluding hydrogens is 320 g/mol. The molecule has 0 saturated heterocycles. The van der Waals surface area contributed by atoms with Crippen molar-refractivity contribution in [2.75, 3.05) is 23.8 Å². The summed E-state index contributed by atoms with van der Waals surface area (Å²) in [6.07, 6.45) is 0. The van der Waals surface area contributed by atoms with Crippen molar-refractivity contribution in [1.82, 2.24) is 0 Å². The summed E-state index contributed by atoms with van der Waals surface area (Å²) in [5.41, 5.74) is 7.69. The lowest BCUT2D eigenvalue weighted by atomic mass is 10.1. The van der Waals surface area contributed by atoms with Gasteiger partial charge in [-0.25, -0.2) is 0 Å². The van der Waals surface area contributed by atoms with Crippen LogP contribution in [0, 0.1) is 0 Å². The van der Waals surface area contributed by atoms with E-state index in [0.717, 1.165) is 15.9 Å². The van der Waals surface area contributed by atoms with E-state index in [1.165, 1.54) is 0 Å². The third kappa shape index (κ3) is 2.25. The molecule has 0 spiro atoms. The summed E-state index contributed by atoms with van der Waals surface area (Å²) in [6.45, 7) is 1.01. The monoisotopic (exact) mass is 332 g/mol. The normalized spacial score (nSPS) is 13.6. The second kappa shape index (κ2) is 5.17. The maximum absolute atomic E-state index is 12.7. The Morgan fingerprint density at radius 2 is 2.05 bits per heavy atom. The largest absolute Gasteiger partial charge is 0.490 e. The fraction of sp³-hybridized carbons (Fsp3) is 0.133. The predicted octanol–water partition coefficient (Wildman–Crippen LogP) is 3.07. The van der Waals surface area contributed by atoms with Crippen molar-refractivity contribution in [3.05, 3.63) is 52.5 Å². The van der Waals surface area contributed by atoms with Gasteiger partial charge in [0.05, 0.1) is 17.8 Å². The summed E-state index contributed by atoms with van der Waals surface area (Å²) in [5, 5.41) is 0. The number of benzene rings is 2. The molecule has 0 saturated carbocycles. The molecule has 1 amide bonds. The van der Waals surface area contributed by atoms with Gasteiger partial charge in [-0.3, -0.25) is 4.79 Å². The van der Waals surface area contributed by atoms with Crippen molar-refractivity contribution in [2.45, 2.75) is 0 Å². The van der Waals surface area contributed by atoms with Gasteiger partial charge in [0.1, 0.15) is 12.4 Å². The highest BCUT2D eigenvalue weighted by Gasteiger charge is 2.25. The summed E-state index contributed by atoms with van der Waals surface area (Å²) < 4.78 is 6.30. The number of fused-ring (bicyclic) bond motifs is 1. The lowest BCUT2D eigenvalue weighted by molar-refractivity contribution is 0.0976. The van der Waals surface area contributed by atoms with Crippen molar-refractivity contribution >= 4 is 33.2 Å². The molecule has 1 heterocycles. The second-order valence-electron chi connectivity index (χ2n) is 4.51. The van der Waals surface area contributed by atoms with Crippen LogP contribution in [0.1, 0.15) is 10.4 Å². The van der Waals surface area contributed by atoms with E-state index >= 15 is 0 Å². The summed E-state index contributed by atoms with van der Waals surface area (Å²) in [4.78, 5) is 14.4. The first-order valence-corrected chi connectivity index (χ1v) is 7.05. The number of carbonyl (C=O) groups is 1. The number of amides is 1. The summed E-state index contributed by atoms with van der Waals surface area (Å²) in [5.74, 6) is 0.645. The van der Waals surface area contributed by atoms with Gasteiger partial charge in [-0.15, -0.1) is 0 Å². The standard InChI is InChI=1S/C15H13BrN2O2/c16-12-6-5-10(17)9-11(12)15(19)18-7-8-20-14-4-2-1-3-13(14)18/h1-6,9H,7-8,17H2. The number of anilines is 2. The average Bonchev–Trinajstić information content (AvgIpc) is 2.48. The van der Waals surface area contributed by atoms with Gasteiger partial charge in [0, 0.05) is 10.2 Å². The number of nitrogens with two attached hydrogens (primary N) is 1. The SMILES string of the molecule is Nc1ccc(Br)c(C(=O)N2CCOc3ccccc32)c1. The van der Waals surface area contributed by atoms with Gasteiger partial charge in [0.15, 0.2) is 0 Å². The molecule has 0 fully saturated rings. The van der Waals surface area contributed by atoms with Crippen molar-refractivity contribution in [2.24, 2.45) is 0 Å². The maximum atomic E-state index is 12.7. The van der Waals surface area contributed by atoms with Crippen LogP contribution in [-0.2, 0) is 0 Å². The quantitative estimate of drug-likeness (QED) is 0.816. The van der Waals surface area contributed by atoms with Crippen molar-refractivity contribution in [3.8, 4) is 5.75 Å². The topological polar surface area (TPSA) is 55.6 Å². The van der Waals surface area contributed by atoms with Crippen LogP contribution in [0.4, 0.5) is 11.4 Å². The number of carbonyl (C=O) groups excluding carboxylic acids is 1. The van der Waals surface area contributed by atoms with E-state index < -0.39 is 0 Å². The lowest BCUT2D eigenvalue weighted by Crippen LogP contribution is -2.38. The number of hydrogen-bond acceptors (Lipinski definition) is 3. The van der Waals surface area contributed by atoms with E-state index in [4.69, 9.17) is 10.5 Å². The Bertz CT molecular complexity index is 673. The molecule has 2 aromatic carbocycles. The molecule has 0 aliphatic carbocycles. The van der Waals surface area contributed by atoms with E-state index in [1.807, 2.05) is 24.3 Å². The molecule has 0 bridgehead atoms. The van der Waals surface area contributed by atoms with Crippen LogP contribution in [0.5, 0.6) is 5.75 Å². The first-order chi connectivity index (χ1) is 9.66. The molecule has 5 heteroatoms. The molecule has 2 aromatic rings. The Morgan fingerprint density at radius 1 is 1.25 bits per heavy atom. The minimum atomic E-state index is -0.0834. The second-order valence-corrected chi connectivity index (χ2v) is 5.37. The molecule has 20 heavy (non-hydrogen) atoms. The average molecular weight is 333 g/mol. The number of ether oxygens (including phenoxy) is 1. The zero-order valence-electron chi connectivity index (χ0n) is 10.7. The van der Waals surface area contributed by atoms with Crippen molar-refractivity contribution < 1.29 is 9.53 Å². The Hall–Kier alpha value is -2.01. The molecule has 4 nitrogen and oxygen atoms in total. The Labute approximate surface area is 125 Å². The van der Waals surface area contributed by atoms with Crippen LogP contribution >= 0.6 is 15.9 Å². The highest BCUT2D eigenvalue weighted by Crippen LogP contribution is 2.33. The van der Waals surface area contributed by atoms with Gasteiger partial charge in [0.2, 0.25) is 0 Å². The highest BCUT2D eigenvalue weighted by molar-refractivity contribution is 9.10. The molecule has 1 aliphatic heterocycles. The van der Waals surface area contributed by atoms with E-state index in [1.54, 1.807) is 23.1 Å². The van der Waals surface area contributed by atoms with Crippen LogP contribution in [0.15, 0.2) is 46.9 Å². The smallest absolute Gasteiger partial charge is 0.259 e. The van der Waals surface area contributed by atoms with E-state index in [9.17, 15) is 4.79 Å². The number of halogens is 1. The van der Waals surface area contributed by atoms with E-state index in [-0.39, 0.29) is 5.91 Å². The molecule has 1 aliphatic rings. The fourth-order valence-electron chi connectivity index (χ4n) is 2.23. The molecule has 0 atom stereocenters. The molecule has 0 unspecified atom stereocenters. The number of rotatable bonds is 1. The van der Waals surface area contributed by atoms with Crippen LogP contribution in [0.25, 0.3) is 0 Å². The van der Waals surface area contributed by atoms with Crippen molar-refractivity contribution in [1.29, 1.82) is 0 Å². The number of nitrogen functional groups attached to an aromatic ring is 1. The van der Waals surface area contributed by atoms with Gasteiger partial charge in [-0.1, -0.05) is 12.1 Å². The van der Waals surface area contributed by atoms with Gasteiger partial charge in [-0.2, -0.15) is 0 Å². The first kappa shape index (κ1) is 13.0. The molecule has 0 radical (unpaired) electrons. The number of nitrogens with zero attached hydrogens (tertiary/aromatic N) is 1. The third-order valence-electron chi connectivity index (χ3n) is 3.19. The Balaban J connectivity index is 2.02. The molecule has 0 aromatic heterocycles. The molecule has 102 valence electrons. The van der Waals surface area contributed by atoms with Crippen LogP contribution in [-0.4, -0.2) is 19.1 Å². The van der Waals surface area contributed by atoms with E-state index in [2.05, 4.69) is 15.9 Å². The summed E-state index contributed by atoms with van der Waals surface area (Å²) in [7, 11) is 0. The van der Waals surface area contributed by atoms with Gasteiger partial charge in [-0.05, 0) is 46.3 Å². The molecular formula is C15H13BrN2O2. The minimum Gasteiger partial charge on any atom is -0.490 e. The zero-order chi connectivity index (χ0) is 14.1. The summed E-state index contributed by atoms with van der Waals surface area (Å²) >= 11 is 3.40. The summed E-state index contributed by atoms with van der Waals surface area (Å²) in [6, 6.07) is 12.8. The fourth-order valence-corrected chi connectivity index (χ4v) is 2.65. The van der Waals surface area contributed by atoms with Gasteiger partial charge < -0.3 is 15.4 Å². The lowest BCUT2D eigenvalue weighted by Gasteiger charge is -2.29. The van der Waals surface area contributed by atoms with Crippen molar-refractivity contribution in [3.63, 3.8) is 0 Å². The zero-order valence-corrected chi connectivity index (χ0v) is 12.3. The van der Waals surface area contributed by atoms with Gasteiger partial charge >= 0.3 is 0 Å². The first-order valence-electron chi connectivity index (χ1n) is 6.25. The van der Waals surface area contributed by atoms with Crippen LogP contribution in [0.3, 0.4) is 0 Å². The molecule has 3 rings (SSSR count). The Kier molecular flexibility index (Phi) is 3.36. The highest BCUT2D eigenvalue weighted by atomic mass is 79.9. The van der Waals surface area contributed by atoms with Crippen LogP contribution in [0.2, 0.25) is 0 Å². The minimum absolute atomic E-state index is 0.0834. The maximum Gasteiger partial charge on any atom is 0.259 e. The predicted molar refractivity (Wildman–Crippen MR) is 82.2 cm³/mol. The van der Waals surface area contributed by atoms with E-state index in [0.29, 0.717) is 24.4 Å². The number of hydrogen-bond donors (Lipinski definition) is 1. The third-order valence-corrected chi connectivity index (χ3v) is 3.89. The van der Waals surface area contributed by atoms with Crippen LogP contribution < -0.4 is 15.4 Å². The number of para-hydroxylation sites is 2.